The molecule has 20 heavy (non-hydrogen) atoms. The maximum Gasteiger partial charge on any atom is 0.315 e. The molecule has 1 aliphatic rings. The van der Waals surface area contributed by atoms with Crippen LogP contribution in [0.2, 0.25) is 0 Å². The Morgan fingerprint density at radius 3 is 2.80 bits per heavy atom. The Labute approximate surface area is 122 Å². The standard InChI is InChI=1S/C13H20N4O2S/c1-2-10(12-14-5-8-20-12)16-13(19)15-9-11(18)17-6-3-4-7-17/h5,8,10H,2-4,6-7,9H2,1H3,(H2,15,16,19)/t10-/m0/s1. The molecule has 0 bridgehead atoms. The van der Waals surface area contributed by atoms with Crippen LogP contribution in [0.1, 0.15) is 37.2 Å². The van der Waals surface area contributed by atoms with Crippen molar-refractivity contribution in [3.05, 3.63) is 16.6 Å². The molecule has 2 heterocycles. The highest BCUT2D eigenvalue weighted by Crippen LogP contribution is 2.18. The summed E-state index contributed by atoms with van der Waals surface area (Å²) in [4.78, 5) is 29.6. The van der Waals surface area contributed by atoms with Crippen LogP contribution >= 0.6 is 11.3 Å². The second kappa shape index (κ2) is 7.23. The van der Waals surface area contributed by atoms with Crippen molar-refractivity contribution in [3.63, 3.8) is 0 Å². The number of hydrogen-bond donors (Lipinski definition) is 2. The van der Waals surface area contributed by atoms with E-state index in [9.17, 15) is 9.59 Å². The summed E-state index contributed by atoms with van der Waals surface area (Å²) in [5.41, 5.74) is 0. The van der Waals surface area contributed by atoms with Crippen LogP contribution in [-0.4, -0.2) is 41.5 Å². The number of hydrogen-bond acceptors (Lipinski definition) is 4. The molecule has 0 spiro atoms. The zero-order chi connectivity index (χ0) is 14.4. The number of carbonyl (C=O) groups excluding carboxylic acids is 2. The molecule has 1 saturated heterocycles. The van der Waals surface area contributed by atoms with Gasteiger partial charge in [0.2, 0.25) is 5.91 Å². The van der Waals surface area contributed by atoms with Crippen molar-refractivity contribution in [2.75, 3.05) is 19.6 Å². The quantitative estimate of drug-likeness (QED) is 0.865. The van der Waals surface area contributed by atoms with Crippen LogP contribution in [-0.2, 0) is 4.79 Å². The number of likely N-dealkylation sites (tertiary alicyclic amines) is 1. The first-order chi connectivity index (χ1) is 9.70. The summed E-state index contributed by atoms with van der Waals surface area (Å²) in [6.45, 7) is 3.65. The van der Waals surface area contributed by atoms with Crippen LogP contribution in [0.15, 0.2) is 11.6 Å². The molecule has 0 aliphatic carbocycles. The van der Waals surface area contributed by atoms with Crippen molar-refractivity contribution in [1.82, 2.24) is 20.5 Å². The Morgan fingerprint density at radius 2 is 2.20 bits per heavy atom. The van der Waals surface area contributed by atoms with Gasteiger partial charge in [0.05, 0.1) is 12.6 Å². The van der Waals surface area contributed by atoms with Gasteiger partial charge >= 0.3 is 6.03 Å². The molecule has 1 fully saturated rings. The third-order valence-electron chi connectivity index (χ3n) is 3.32. The van der Waals surface area contributed by atoms with Gasteiger partial charge in [0.1, 0.15) is 5.01 Å². The summed E-state index contributed by atoms with van der Waals surface area (Å²) in [6, 6.07) is -0.420. The average molecular weight is 296 g/mol. The Balaban J connectivity index is 1.75. The van der Waals surface area contributed by atoms with E-state index < -0.39 is 0 Å². The number of thiazole rings is 1. The first kappa shape index (κ1) is 14.8. The van der Waals surface area contributed by atoms with Crippen LogP contribution in [0.4, 0.5) is 4.79 Å². The molecule has 7 heteroatoms. The smallest absolute Gasteiger partial charge is 0.315 e. The zero-order valence-electron chi connectivity index (χ0n) is 11.6. The molecular weight excluding hydrogens is 276 g/mol. The van der Waals surface area contributed by atoms with Crippen LogP contribution in [0, 0.1) is 0 Å². The molecule has 110 valence electrons. The minimum atomic E-state index is -0.320. The average Bonchev–Trinajstić information content (AvgIpc) is 3.14. The first-order valence-corrected chi connectivity index (χ1v) is 7.80. The Bertz CT molecular complexity index is 443. The third-order valence-corrected chi connectivity index (χ3v) is 4.21. The monoisotopic (exact) mass is 296 g/mol. The van der Waals surface area contributed by atoms with E-state index in [2.05, 4.69) is 15.6 Å². The van der Waals surface area contributed by atoms with Crippen molar-refractivity contribution in [2.24, 2.45) is 0 Å². The summed E-state index contributed by atoms with van der Waals surface area (Å²) in [5, 5.41) is 8.23. The zero-order valence-corrected chi connectivity index (χ0v) is 12.4. The van der Waals surface area contributed by atoms with E-state index in [-0.39, 0.29) is 24.5 Å². The van der Waals surface area contributed by atoms with Crippen LogP contribution in [0.25, 0.3) is 0 Å². The normalized spacial score (nSPS) is 15.9. The molecule has 2 N–H and O–H groups in total. The molecule has 3 amide bonds. The summed E-state index contributed by atoms with van der Waals surface area (Å²) in [5.74, 6) is -0.0139. The van der Waals surface area contributed by atoms with E-state index in [0.717, 1.165) is 37.4 Å². The van der Waals surface area contributed by atoms with E-state index in [1.54, 1.807) is 11.1 Å². The van der Waals surface area contributed by atoms with E-state index in [0.29, 0.717) is 0 Å². The fraction of sp³-hybridized carbons (Fsp3) is 0.615. The predicted octanol–water partition coefficient (Wildman–Crippen LogP) is 1.52. The van der Waals surface area contributed by atoms with E-state index in [1.807, 2.05) is 12.3 Å². The Kier molecular flexibility index (Phi) is 5.34. The minimum absolute atomic E-state index is 0.0139. The number of nitrogens with zero attached hydrogens (tertiary/aromatic N) is 2. The van der Waals surface area contributed by atoms with Crippen molar-refractivity contribution in [2.45, 2.75) is 32.2 Å². The largest absolute Gasteiger partial charge is 0.341 e. The number of amides is 3. The topological polar surface area (TPSA) is 74.3 Å². The molecular formula is C13H20N4O2S. The van der Waals surface area contributed by atoms with Gasteiger partial charge in [0.15, 0.2) is 0 Å². The second-order valence-electron chi connectivity index (χ2n) is 4.75. The van der Waals surface area contributed by atoms with Crippen molar-refractivity contribution in [3.8, 4) is 0 Å². The molecule has 0 radical (unpaired) electrons. The van der Waals surface area contributed by atoms with Crippen LogP contribution in [0.3, 0.4) is 0 Å². The number of rotatable bonds is 5. The highest BCUT2D eigenvalue weighted by molar-refractivity contribution is 7.09. The molecule has 1 aromatic rings. The molecule has 1 aromatic heterocycles. The molecule has 1 aliphatic heterocycles. The lowest BCUT2D eigenvalue weighted by Crippen LogP contribution is -2.43. The van der Waals surface area contributed by atoms with Gasteiger partial charge in [-0.1, -0.05) is 6.92 Å². The summed E-state index contributed by atoms with van der Waals surface area (Å²) < 4.78 is 0. The highest BCUT2D eigenvalue weighted by Gasteiger charge is 2.19. The third kappa shape index (κ3) is 3.93. The van der Waals surface area contributed by atoms with Gasteiger partial charge in [0.25, 0.3) is 0 Å². The van der Waals surface area contributed by atoms with Gasteiger partial charge in [-0.15, -0.1) is 11.3 Å². The van der Waals surface area contributed by atoms with Gasteiger partial charge < -0.3 is 15.5 Å². The first-order valence-electron chi connectivity index (χ1n) is 6.92. The minimum Gasteiger partial charge on any atom is -0.341 e. The van der Waals surface area contributed by atoms with Gasteiger partial charge in [0, 0.05) is 24.7 Å². The Hall–Kier alpha value is -1.63. The summed E-state index contributed by atoms with van der Waals surface area (Å²) in [6.07, 6.45) is 4.60. The number of urea groups is 1. The fourth-order valence-corrected chi connectivity index (χ4v) is 2.96. The molecule has 6 nitrogen and oxygen atoms in total. The van der Waals surface area contributed by atoms with E-state index in [1.165, 1.54) is 11.3 Å². The lowest BCUT2D eigenvalue weighted by Gasteiger charge is -2.17. The second-order valence-corrected chi connectivity index (χ2v) is 5.67. The SMILES string of the molecule is CC[C@H](NC(=O)NCC(=O)N1CCCC1)c1nccs1. The number of nitrogens with one attached hydrogen (secondary N) is 2. The molecule has 0 saturated carbocycles. The maximum atomic E-state index is 11.8. The highest BCUT2D eigenvalue weighted by atomic mass is 32.1. The Morgan fingerprint density at radius 1 is 1.45 bits per heavy atom. The van der Waals surface area contributed by atoms with Crippen molar-refractivity contribution < 1.29 is 9.59 Å². The van der Waals surface area contributed by atoms with Gasteiger partial charge in [-0.05, 0) is 19.3 Å². The lowest BCUT2D eigenvalue weighted by molar-refractivity contribution is -0.128. The van der Waals surface area contributed by atoms with Crippen LogP contribution < -0.4 is 10.6 Å². The maximum absolute atomic E-state index is 11.8. The summed E-state index contributed by atoms with van der Waals surface area (Å²) in [7, 11) is 0. The molecule has 1 atom stereocenters. The van der Waals surface area contributed by atoms with E-state index in [4.69, 9.17) is 0 Å². The van der Waals surface area contributed by atoms with Crippen molar-refractivity contribution in [1.29, 1.82) is 0 Å². The number of carbonyl (C=O) groups is 2. The number of aromatic nitrogens is 1. The predicted molar refractivity (Wildman–Crippen MR) is 77.5 cm³/mol. The van der Waals surface area contributed by atoms with Gasteiger partial charge in [-0.2, -0.15) is 0 Å². The fourth-order valence-electron chi connectivity index (χ4n) is 2.19. The lowest BCUT2D eigenvalue weighted by atomic mass is 10.2. The van der Waals surface area contributed by atoms with Crippen LogP contribution in [0.5, 0.6) is 0 Å². The van der Waals surface area contributed by atoms with Gasteiger partial charge in [-0.25, -0.2) is 9.78 Å². The molecule has 0 aromatic carbocycles. The molecule has 0 unspecified atom stereocenters. The van der Waals surface area contributed by atoms with E-state index >= 15 is 0 Å². The van der Waals surface area contributed by atoms with Gasteiger partial charge in [-0.3, -0.25) is 4.79 Å². The summed E-state index contributed by atoms with van der Waals surface area (Å²) >= 11 is 1.51. The van der Waals surface area contributed by atoms with Crippen molar-refractivity contribution >= 4 is 23.3 Å². The molecule has 2 rings (SSSR count).